The number of nitrogens with zero attached hydrogens (tertiary/aromatic N) is 2. The highest BCUT2D eigenvalue weighted by Crippen LogP contribution is 2.12. The van der Waals surface area contributed by atoms with Gasteiger partial charge in [-0.15, -0.1) is 0 Å². The van der Waals surface area contributed by atoms with Crippen LogP contribution < -0.4 is 10.6 Å². The van der Waals surface area contributed by atoms with Crippen LogP contribution in [0.15, 0.2) is 43.0 Å². The Labute approximate surface area is 167 Å². The number of carbonyl (C=O) groups is 2. The molecule has 6 heteroatoms. The highest BCUT2D eigenvalue weighted by molar-refractivity contribution is 5.97. The van der Waals surface area contributed by atoms with Crippen molar-refractivity contribution in [2.45, 2.75) is 64.8 Å². The third kappa shape index (κ3) is 8.37. The maximum atomic E-state index is 12.3. The van der Waals surface area contributed by atoms with Crippen LogP contribution in [-0.4, -0.2) is 27.9 Å². The van der Waals surface area contributed by atoms with E-state index in [1.807, 2.05) is 10.8 Å². The lowest BCUT2D eigenvalue weighted by Gasteiger charge is -2.09. The summed E-state index contributed by atoms with van der Waals surface area (Å²) < 4.78 is 1.85. The first-order valence-corrected chi connectivity index (χ1v) is 10.3. The first kappa shape index (κ1) is 21.7. The predicted octanol–water partition coefficient (Wildman–Crippen LogP) is 4.39. The number of anilines is 1. The number of rotatable bonds is 13. The van der Waals surface area contributed by atoms with E-state index in [1.54, 1.807) is 36.8 Å². The zero-order valence-corrected chi connectivity index (χ0v) is 16.8. The number of hydrogen-bond donors (Lipinski definition) is 2. The molecule has 1 heterocycles. The van der Waals surface area contributed by atoms with Gasteiger partial charge in [-0.25, -0.2) is 4.98 Å². The van der Waals surface area contributed by atoms with E-state index in [-0.39, 0.29) is 11.8 Å². The molecule has 0 radical (unpaired) electrons. The van der Waals surface area contributed by atoms with Crippen molar-refractivity contribution in [3.8, 4) is 0 Å². The van der Waals surface area contributed by atoms with Gasteiger partial charge >= 0.3 is 0 Å². The average Bonchev–Trinajstić information content (AvgIpc) is 3.22. The number of imidazole rings is 1. The Balaban J connectivity index is 1.68. The quantitative estimate of drug-likeness (QED) is 0.503. The van der Waals surface area contributed by atoms with Crippen LogP contribution >= 0.6 is 0 Å². The number of benzene rings is 1. The summed E-state index contributed by atoms with van der Waals surface area (Å²) >= 11 is 0. The van der Waals surface area contributed by atoms with Crippen molar-refractivity contribution in [1.29, 1.82) is 0 Å². The average molecular weight is 385 g/mol. The zero-order chi connectivity index (χ0) is 20.0. The highest BCUT2D eigenvalue weighted by Gasteiger charge is 2.08. The van der Waals surface area contributed by atoms with Crippen molar-refractivity contribution >= 4 is 17.5 Å². The third-order valence-electron chi connectivity index (χ3n) is 4.63. The van der Waals surface area contributed by atoms with Gasteiger partial charge in [0.25, 0.3) is 5.91 Å². The Kier molecular flexibility index (Phi) is 9.83. The van der Waals surface area contributed by atoms with E-state index in [2.05, 4.69) is 22.5 Å². The molecular formula is C22H32N4O2. The van der Waals surface area contributed by atoms with Gasteiger partial charge in [0, 0.05) is 43.2 Å². The van der Waals surface area contributed by atoms with Crippen molar-refractivity contribution in [2.75, 3.05) is 11.9 Å². The summed E-state index contributed by atoms with van der Waals surface area (Å²) in [5.41, 5.74) is 1.20. The minimum Gasteiger partial charge on any atom is -0.352 e. The van der Waals surface area contributed by atoms with Gasteiger partial charge in [0.2, 0.25) is 5.91 Å². The molecule has 0 aliphatic carbocycles. The number of aryl methyl sites for hydroxylation is 1. The van der Waals surface area contributed by atoms with Gasteiger partial charge in [0.15, 0.2) is 0 Å². The summed E-state index contributed by atoms with van der Waals surface area (Å²) in [5, 5.41) is 5.81. The van der Waals surface area contributed by atoms with E-state index in [4.69, 9.17) is 0 Å². The minimum absolute atomic E-state index is 0.0886. The lowest BCUT2D eigenvalue weighted by Crippen LogP contribution is -2.24. The van der Waals surface area contributed by atoms with Gasteiger partial charge in [-0.2, -0.15) is 0 Å². The van der Waals surface area contributed by atoms with Gasteiger partial charge in [0.1, 0.15) is 0 Å². The number of carbonyl (C=O) groups excluding carboxylic acids is 2. The second-order valence-electron chi connectivity index (χ2n) is 7.06. The first-order valence-electron chi connectivity index (χ1n) is 10.3. The Bertz CT molecular complexity index is 713. The SMILES string of the molecule is CCCCCCCCCNC(=O)c1cccc(NC(=O)CCn2ccnc2)c1. The standard InChI is InChI=1S/C22H32N4O2/c1-2-3-4-5-6-7-8-13-24-22(28)19-10-9-11-20(17-19)25-21(27)12-15-26-16-14-23-18-26/h9-11,14,16-18H,2-8,12-13,15H2,1H3,(H,24,28)(H,25,27). The van der Waals surface area contributed by atoms with E-state index in [9.17, 15) is 9.59 Å². The second-order valence-corrected chi connectivity index (χ2v) is 7.06. The summed E-state index contributed by atoms with van der Waals surface area (Å²) in [6.45, 7) is 3.48. The number of hydrogen-bond acceptors (Lipinski definition) is 3. The fourth-order valence-electron chi connectivity index (χ4n) is 3.00. The van der Waals surface area contributed by atoms with Gasteiger partial charge in [0.05, 0.1) is 6.33 Å². The Morgan fingerprint density at radius 3 is 2.61 bits per heavy atom. The van der Waals surface area contributed by atoms with Crippen LogP contribution in [0.3, 0.4) is 0 Å². The molecule has 0 atom stereocenters. The smallest absolute Gasteiger partial charge is 0.251 e. The highest BCUT2D eigenvalue weighted by atomic mass is 16.2. The molecule has 6 nitrogen and oxygen atoms in total. The van der Waals surface area contributed by atoms with Crippen molar-refractivity contribution in [3.63, 3.8) is 0 Å². The largest absolute Gasteiger partial charge is 0.352 e. The number of unbranched alkanes of at least 4 members (excludes halogenated alkanes) is 6. The van der Waals surface area contributed by atoms with Crippen LogP contribution in [0.25, 0.3) is 0 Å². The molecule has 152 valence electrons. The van der Waals surface area contributed by atoms with E-state index in [0.717, 1.165) is 12.8 Å². The predicted molar refractivity (Wildman–Crippen MR) is 112 cm³/mol. The molecule has 2 aromatic rings. The Hall–Kier alpha value is -2.63. The zero-order valence-electron chi connectivity index (χ0n) is 16.8. The fraction of sp³-hybridized carbons (Fsp3) is 0.500. The molecule has 0 aliphatic rings. The van der Waals surface area contributed by atoms with Crippen LogP contribution in [-0.2, 0) is 11.3 Å². The van der Waals surface area contributed by atoms with Gasteiger partial charge in [-0.1, -0.05) is 51.5 Å². The Morgan fingerprint density at radius 1 is 1.07 bits per heavy atom. The molecule has 2 rings (SSSR count). The van der Waals surface area contributed by atoms with Crippen LogP contribution in [0.2, 0.25) is 0 Å². The molecule has 0 fully saturated rings. The molecule has 2 N–H and O–H groups in total. The summed E-state index contributed by atoms with van der Waals surface area (Å²) in [6.07, 6.45) is 14.1. The van der Waals surface area contributed by atoms with Crippen LogP contribution in [0.1, 0.15) is 68.6 Å². The van der Waals surface area contributed by atoms with E-state index >= 15 is 0 Å². The summed E-state index contributed by atoms with van der Waals surface area (Å²) in [6, 6.07) is 7.06. The molecule has 0 saturated heterocycles. The number of amides is 2. The second kappa shape index (κ2) is 12.7. The van der Waals surface area contributed by atoms with Gasteiger partial charge < -0.3 is 15.2 Å². The molecule has 1 aromatic heterocycles. The molecule has 28 heavy (non-hydrogen) atoms. The van der Waals surface area contributed by atoms with Gasteiger partial charge in [-0.3, -0.25) is 9.59 Å². The third-order valence-corrected chi connectivity index (χ3v) is 4.63. The molecule has 0 spiro atoms. The van der Waals surface area contributed by atoms with Crippen molar-refractivity contribution in [3.05, 3.63) is 48.5 Å². The molecular weight excluding hydrogens is 352 g/mol. The summed E-state index contributed by atoms with van der Waals surface area (Å²) in [5.74, 6) is -0.185. The minimum atomic E-state index is -0.0968. The maximum absolute atomic E-state index is 12.3. The monoisotopic (exact) mass is 384 g/mol. The van der Waals surface area contributed by atoms with E-state index in [0.29, 0.717) is 30.8 Å². The van der Waals surface area contributed by atoms with Gasteiger partial charge in [-0.05, 0) is 24.6 Å². The molecule has 0 aliphatic heterocycles. The van der Waals surface area contributed by atoms with E-state index in [1.165, 1.54) is 32.1 Å². The molecule has 0 saturated carbocycles. The number of nitrogens with one attached hydrogen (secondary N) is 2. The first-order chi connectivity index (χ1) is 13.7. The lowest BCUT2D eigenvalue weighted by molar-refractivity contribution is -0.116. The summed E-state index contributed by atoms with van der Waals surface area (Å²) in [4.78, 5) is 28.3. The lowest BCUT2D eigenvalue weighted by atomic mass is 10.1. The van der Waals surface area contributed by atoms with Crippen LogP contribution in [0.5, 0.6) is 0 Å². The maximum Gasteiger partial charge on any atom is 0.251 e. The normalized spacial score (nSPS) is 10.6. The molecule has 1 aromatic carbocycles. The van der Waals surface area contributed by atoms with Crippen LogP contribution in [0.4, 0.5) is 5.69 Å². The fourth-order valence-corrected chi connectivity index (χ4v) is 3.00. The van der Waals surface area contributed by atoms with E-state index < -0.39 is 0 Å². The van der Waals surface area contributed by atoms with Crippen molar-refractivity contribution in [1.82, 2.24) is 14.9 Å². The van der Waals surface area contributed by atoms with Crippen molar-refractivity contribution < 1.29 is 9.59 Å². The molecule has 0 unspecified atom stereocenters. The summed E-state index contributed by atoms with van der Waals surface area (Å²) in [7, 11) is 0. The molecule has 2 amide bonds. The molecule has 0 bridgehead atoms. The number of aromatic nitrogens is 2. The Morgan fingerprint density at radius 2 is 1.86 bits per heavy atom. The van der Waals surface area contributed by atoms with Crippen molar-refractivity contribution in [2.24, 2.45) is 0 Å². The topological polar surface area (TPSA) is 76.0 Å². The van der Waals surface area contributed by atoms with Crippen LogP contribution in [0, 0.1) is 0 Å².